The van der Waals surface area contributed by atoms with Gasteiger partial charge in [0.25, 0.3) is 0 Å². The SMILES string of the molecule is c1cc(-c2ccc3oc4ccccc4c3c2)cc(N(c2ccc(-c3ccc4c(c3)sc3ccccc34)cc2)c2ccc(-c3cccc4ccccc34)cc2)c1. The lowest BCUT2D eigenvalue weighted by Crippen LogP contribution is -2.10. The maximum Gasteiger partial charge on any atom is 0.135 e. The lowest BCUT2D eigenvalue weighted by Gasteiger charge is -2.26. The van der Waals surface area contributed by atoms with Gasteiger partial charge in [-0.3, -0.25) is 0 Å². The Morgan fingerprint density at radius 1 is 0.327 bits per heavy atom. The number of furan rings is 1. The fourth-order valence-corrected chi connectivity index (χ4v) is 9.30. The van der Waals surface area contributed by atoms with E-state index < -0.39 is 0 Å². The molecule has 0 radical (unpaired) electrons. The highest BCUT2D eigenvalue weighted by molar-refractivity contribution is 7.25. The molecule has 258 valence electrons. The van der Waals surface area contributed by atoms with E-state index in [1.165, 1.54) is 53.2 Å². The number of para-hydroxylation sites is 1. The van der Waals surface area contributed by atoms with Gasteiger partial charge in [0, 0.05) is 48.0 Å². The van der Waals surface area contributed by atoms with Crippen LogP contribution in [0.4, 0.5) is 17.1 Å². The van der Waals surface area contributed by atoms with Gasteiger partial charge in [0.05, 0.1) is 0 Å². The highest BCUT2D eigenvalue weighted by Crippen LogP contribution is 2.41. The van der Waals surface area contributed by atoms with Crippen LogP contribution in [-0.2, 0) is 0 Å². The maximum absolute atomic E-state index is 6.15. The van der Waals surface area contributed by atoms with Gasteiger partial charge in [-0.2, -0.15) is 0 Å². The van der Waals surface area contributed by atoms with Gasteiger partial charge >= 0.3 is 0 Å². The van der Waals surface area contributed by atoms with E-state index in [-0.39, 0.29) is 0 Å². The highest BCUT2D eigenvalue weighted by Gasteiger charge is 2.16. The molecule has 0 fully saturated rings. The fraction of sp³-hybridized carbons (Fsp3) is 0. The van der Waals surface area contributed by atoms with Crippen LogP contribution in [0, 0.1) is 0 Å². The van der Waals surface area contributed by atoms with Crippen molar-refractivity contribution in [3.63, 3.8) is 0 Å². The van der Waals surface area contributed by atoms with Crippen LogP contribution in [0.5, 0.6) is 0 Å². The first-order valence-corrected chi connectivity index (χ1v) is 19.5. The summed E-state index contributed by atoms with van der Waals surface area (Å²) in [6, 6.07) is 72.3. The second-order valence-electron chi connectivity index (χ2n) is 14.1. The first-order chi connectivity index (χ1) is 27.2. The van der Waals surface area contributed by atoms with Crippen LogP contribution in [0.1, 0.15) is 0 Å². The first kappa shape index (κ1) is 31.6. The number of fused-ring (bicyclic) bond motifs is 7. The van der Waals surface area contributed by atoms with Crippen LogP contribution in [0.25, 0.3) is 86.3 Å². The standard InChI is InChI=1S/C52H33NOS/c1-2-13-43-35(9-1)10-8-16-44(43)36-21-27-41(28-22-36)53(40-25-19-34(20-26-40)39-23-29-47-46-15-4-6-18-51(46)55-52(47)33-39)42-12-7-11-37(31-42)38-24-30-50-48(32-38)45-14-3-5-17-49(45)54-50/h1-33H. The van der Waals surface area contributed by atoms with Crippen LogP contribution < -0.4 is 4.90 Å². The molecular formula is C52H33NOS. The van der Waals surface area contributed by atoms with Gasteiger partial charge < -0.3 is 9.32 Å². The van der Waals surface area contributed by atoms with Crippen LogP contribution in [0.3, 0.4) is 0 Å². The van der Waals surface area contributed by atoms with Crippen molar-refractivity contribution in [1.82, 2.24) is 0 Å². The van der Waals surface area contributed by atoms with Gasteiger partial charge in [-0.25, -0.2) is 0 Å². The molecule has 0 atom stereocenters. The second kappa shape index (κ2) is 12.9. The molecule has 2 aromatic heterocycles. The summed E-state index contributed by atoms with van der Waals surface area (Å²) in [5.74, 6) is 0. The Balaban J connectivity index is 1.01. The minimum atomic E-state index is 0.903. The van der Waals surface area contributed by atoms with Crippen LogP contribution in [0.15, 0.2) is 205 Å². The van der Waals surface area contributed by atoms with Gasteiger partial charge in [0.15, 0.2) is 0 Å². The number of anilines is 3. The number of hydrogen-bond donors (Lipinski definition) is 0. The maximum atomic E-state index is 6.15. The average molecular weight is 720 g/mol. The molecular weight excluding hydrogens is 687 g/mol. The molecule has 55 heavy (non-hydrogen) atoms. The molecule has 11 rings (SSSR count). The molecule has 0 N–H and O–H groups in total. The predicted molar refractivity (Wildman–Crippen MR) is 235 cm³/mol. The Morgan fingerprint density at radius 2 is 0.927 bits per heavy atom. The topological polar surface area (TPSA) is 16.4 Å². The van der Waals surface area contributed by atoms with E-state index >= 15 is 0 Å². The molecule has 0 saturated heterocycles. The minimum Gasteiger partial charge on any atom is -0.456 e. The smallest absolute Gasteiger partial charge is 0.135 e. The number of thiophene rings is 1. The molecule has 2 nitrogen and oxygen atoms in total. The summed E-state index contributed by atoms with van der Waals surface area (Å²) in [6.45, 7) is 0. The monoisotopic (exact) mass is 719 g/mol. The molecule has 0 bridgehead atoms. The van der Waals surface area contributed by atoms with Crippen LogP contribution >= 0.6 is 11.3 Å². The third kappa shape index (κ3) is 5.48. The van der Waals surface area contributed by atoms with Crippen molar-refractivity contribution in [2.24, 2.45) is 0 Å². The Morgan fingerprint density at radius 3 is 1.78 bits per heavy atom. The molecule has 0 aliphatic rings. The zero-order chi connectivity index (χ0) is 36.3. The molecule has 2 heterocycles. The van der Waals surface area contributed by atoms with E-state index in [1.54, 1.807) is 0 Å². The Bertz CT molecular complexity index is 3200. The van der Waals surface area contributed by atoms with Crippen LogP contribution in [0.2, 0.25) is 0 Å². The normalized spacial score (nSPS) is 11.6. The quantitative estimate of drug-likeness (QED) is 0.170. The van der Waals surface area contributed by atoms with E-state index in [9.17, 15) is 0 Å². The molecule has 0 saturated carbocycles. The number of benzene rings is 9. The van der Waals surface area contributed by atoms with Gasteiger partial charge in [-0.15, -0.1) is 11.3 Å². The summed E-state index contributed by atoms with van der Waals surface area (Å²) in [6.07, 6.45) is 0. The van der Waals surface area contributed by atoms with Crippen molar-refractivity contribution in [3.8, 4) is 33.4 Å². The molecule has 0 aliphatic heterocycles. The largest absolute Gasteiger partial charge is 0.456 e. The van der Waals surface area contributed by atoms with Crippen molar-refractivity contribution in [2.75, 3.05) is 4.90 Å². The molecule has 9 aromatic carbocycles. The van der Waals surface area contributed by atoms with E-state index in [0.717, 1.165) is 50.1 Å². The summed E-state index contributed by atoms with van der Waals surface area (Å²) in [4.78, 5) is 2.36. The van der Waals surface area contributed by atoms with Gasteiger partial charge in [0.1, 0.15) is 11.2 Å². The zero-order valence-electron chi connectivity index (χ0n) is 29.8. The predicted octanol–water partition coefficient (Wildman–Crippen LogP) is 15.6. The highest BCUT2D eigenvalue weighted by atomic mass is 32.1. The van der Waals surface area contributed by atoms with Crippen molar-refractivity contribution >= 4 is 81.3 Å². The average Bonchev–Trinajstić information content (AvgIpc) is 3.82. The lowest BCUT2D eigenvalue weighted by atomic mass is 9.98. The number of nitrogens with zero attached hydrogens (tertiary/aromatic N) is 1. The van der Waals surface area contributed by atoms with Gasteiger partial charge in [-0.05, 0) is 111 Å². The van der Waals surface area contributed by atoms with E-state index in [2.05, 4.69) is 193 Å². The third-order valence-electron chi connectivity index (χ3n) is 10.9. The van der Waals surface area contributed by atoms with E-state index in [4.69, 9.17) is 4.42 Å². The van der Waals surface area contributed by atoms with Crippen molar-refractivity contribution in [2.45, 2.75) is 0 Å². The van der Waals surface area contributed by atoms with E-state index in [1.807, 2.05) is 23.5 Å². The first-order valence-electron chi connectivity index (χ1n) is 18.7. The summed E-state index contributed by atoms with van der Waals surface area (Å²) >= 11 is 1.86. The summed E-state index contributed by atoms with van der Waals surface area (Å²) < 4.78 is 8.80. The zero-order valence-corrected chi connectivity index (χ0v) is 30.6. The fourth-order valence-electron chi connectivity index (χ4n) is 8.15. The van der Waals surface area contributed by atoms with Crippen molar-refractivity contribution in [1.29, 1.82) is 0 Å². The summed E-state index contributed by atoms with van der Waals surface area (Å²) in [5, 5.41) is 7.41. The molecule has 3 heteroatoms. The van der Waals surface area contributed by atoms with Crippen molar-refractivity contribution in [3.05, 3.63) is 200 Å². The summed E-state index contributed by atoms with van der Waals surface area (Å²) in [7, 11) is 0. The lowest BCUT2D eigenvalue weighted by molar-refractivity contribution is 0.669. The molecule has 0 amide bonds. The Labute approximate surface area is 322 Å². The van der Waals surface area contributed by atoms with Gasteiger partial charge in [0.2, 0.25) is 0 Å². The third-order valence-corrected chi connectivity index (χ3v) is 12.0. The second-order valence-corrected chi connectivity index (χ2v) is 15.2. The minimum absolute atomic E-state index is 0.903. The van der Waals surface area contributed by atoms with Gasteiger partial charge in [-0.1, -0.05) is 133 Å². The van der Waals surface area contributed by atoms with E-state index in [0.29, 0.717) is 0 Å². The molecule has 0 spiro atoms. The molecule has 0 aliphatic carbocycles. The Hall–Kier alpha value is -6.94. The van der Waals surface area contributed by atoms with Crippen molar-refractivity contribution < 1.29 is 4.42 Å². The Kier molecular flexibility index (Phi) is 7.39. The van der Waals surface area contributed by atoms with Crippen LogP contribution in [-0.4, -0.2) is 0 Å². The summed E-state index contributed by atoms with van der Waals surface area (Å²) in [5.41, 5.74) is 12.2. The molecule has 0 unspecified atom stereocenters. The molecule has 11 aromatic rings. The number of hydrogen-bond acceptors (Lipinski definition) is 3. The number of rotatable bonds is 6.